The molecule has 0 aromatic rings. The van der Waals surface area contributed by atoms with Gasteiger partial charge >= 0.3 is 5.97 Å². The number of aliphatic hydroxyl groups is 2. The molecule has 0 rings (SSSR count). The molecule has 0 bridgehead atoms. The summed E-state index contributed by atoms with van der Waals surface area (Å²) >= 11 is 0. The molecule has 0 spiro atoms. The number of carbonyl (C=O) groups is 2. The zero-order valence-corrected chi connectivity index (χ0v) is 40.7. The van der Waals surface area contributed by atoms with Crippen LogP contribution in [0.15, 0.2) is 72.9 Å². The van der Waals surface area contributed by atoms with Gasteiger partial charge in [0.05, 0.1) is 25.2 Å². The summed E-state index contributed by atoms with van der Waals surface area (Å²) in [6.45, 7) is 6.34. The largest absolute Gasteiger partial charge is 0.462 e. The number of rotatable bonds is 46. The van der Waals surface area contributed by atoms with E-state index >= 15 is 0 Å². The van der Waals surface area contributed by atoms with Crippen LogP contribution in [0.3, 0.4) is 0 Å². The predicted molar refractivity (Wildman–Crippen MR) is 268 cm³/mol. The maximum absolute atomic E-state index is 13.2. The van der Waals surface area contributed by atoms with E-state index in [2.05, 4.69) is 99.0 Å². The molecule has 3 unspecified atom stereocenters. The summed E-state index contributed by atoms with van der Waals surface area (Å²) in [5.41, 5.74) is 0. The van der Waals surface area contributed by atoms with E-state index in [1.807, 2.05) is 0 Å². The van der Waals surface area contributed by atoms with E-state index in [-0.39, 0.29) is 24.9 Å². The van der Waals surface area contributed by atoms with Crippen molar-refractivity contribution in [3.63, 3.8) is 0 Å². The van der Waals surface area contributed by atoms with Gasteiger partial charge < -0.3 is 20.3 Å². The summed E-state index contributed by atoms with van der Waals surface area (Å²) in [5, 5.41) is 23.7. The Morgan fingerprint density at radius 2 is 0.935 bits per heavy atom. The quantitative estimate of drug-likeness (QED) is 0.0245. The van der Waals surface area contributed by atoms with Crippen molar-refractivity contribution in [1.29, 1.82) is 0 Å². The van der Waals surface area contributed by atoms with Gasteiger partial charge in [-0.3, -0.25) is 9.59 Å². The topological polar surface area (TPSA) is 95.9 Å². The Morgan fingerprint density at radius 3 is 1.44 bits per heavy atom. The number of hydrogen-bond acceptors (Lipinski definition) is 5. The predicted octanol–water partition coefficient (Wildman–Crippen LogP) is 15.8. The fraction of sp³-hybridized carbons (Fsp3) is 0.750. The van der Waals surface area contributed by atoms with Crippen LogP contribution in [0.25, 0.3) is 0 Å². The molecule has 0 saturated carbocycles. The molecule has 0 aromatic carbocycles. The van der Waals surface area contributed by atoms with Gasteiger partial charge in [-0.05, 0) is 83.5 Å². The highest BCUT2D eigenvalue weighted by molar-refractivity contribution is 5.77. The zero-order chi connectivity index (χ0) is 45.2. The van der Waals surface area contributed by atoms with Crippen molar-refractivity contribution in [2.45, 2.75) is 264 Å². The van der Waals surface area contributed by atoms with Crippen LogP contribution in [-0.2, 0) is 14.3 Å². The minimum Gasteiger partial charge on any atom is -0.462 e. The zero-order valence-electron chi connectivity index (χ0n) is 40.7. The first-order valence-electron chi connectivity index (χ1n) is 26.2. The molecule has 0 fully saturated rings. The first-order valence-corrected chi connectivity index (χ1v) is 26.2. The highest BCUT2D eigenvalue weighted by Crippen LogP contribution is 2.17. The Morgan fingerprint density at radius 1 is 0.500 bits per heavy atom. The molecule has 62 heavy (non-hydrogen) atoms. The average Bonchev–Trinajstić information content (AvgIpc) is 3.26. The van der Waals surface area contributed by atoms with Crippen LogP contribution in [-0.4, -0.2) is 46.9 Å². The third kappa shape index (κ3) is 43.9. The second-order valence-electron chi connectivity index (χ2n) is 17.6. The maximum Gasteiger partial charge on any atom is 0.306 e. The van der Waals surface area contributed by atoms with Gasteiger partial charge in [-0.25, -0.2) is 0 Å². The molecule has 1 amide bonds. The van der Waals surface area contributed by atoms with Crippen LogP contribution in [0.2, 0.25) is 0 Å². The number of allylic oxidation sites excluding steroid dienone is 12. The standard InChI is InChI=1S/C56H99NO5/c1-4-7-10-13-16-19-22-24-26-27-28-29-31-34-37-40-43-46-49-56(61)62-52(47-44-41-38-35-33-30-25-23-20-17-14-11-8-5-2)50-55(60)57-53(51-58)54(59)48-45-42-39-36-32-21-18-15-12-9-6-3/h8,11,17,20,25-30,35,38,52-54,58-59H,4-7,9-10,12-16,18-19,21-24,31-34,36-37,39-51H2,1-3H3,(H,57,60)/b11-8+,20-17+,27-26+,29-28+,30-25+,38-35+. The molecule has 6 nitrogen and oxygen atoms in total. The van der Waals surface area contributed by atoms with Crippen molar-refractivity contribution in [3.8, 4) is 0 Å². The second kappa shape index (κ2) is 49.3. The van der Waals surface area contributed by atoms with Crippen LogP contribution < -0.4 is 5.32 Å². The summed E-state index contributed by atoms with van der Waals surface area (Å²) in [5.74, 6) is -0.547. The van der Waals surface area contributed by atoms with Gasteiger partial charge in [-0.2, -0.15) is 0 Å². The van der Waals surface area contributed by atoms with Crippen molar-refractivity contribution >= 4 is 11.9 Å². The number of unbranched alkanes of at least 4 members (excludes halogenated alkanes) is 23. The number of carbonyl (C=O) groups excluding carboxylic acids is 2. The number of esters is 1. The van der Waals surface area contributed by atoms with Crippen molar-refractivity contribution in [3.05, 3.63) is 72.9 Å². The van der Waals surface area contributed by atoms with Crippen LogP contribution in [0.1, 0.15) is 245 Å². The Hall–Kier alpha value is -2.70. The van der Waals surface area contributed by atoms with Crippen molar-refractivity contribution < 1.29 is 24.5 Å². The molecule has 0 aliphatic rings. The SMILES string of the molecule is CC/C=C/C/C=C/C/C=C/C/C=C/CCCC(CC(=O)NC(CO)C(O)CCCCCCCCCCCCC)OC(=O)CCCCCCC/C=C/C=C/CCCCCCCCC. The summed E-state index contributed by atoms with van der Waals surface area (Å²) in [6, 6.07) is -0.724. The van der Waals surface area contributed by atoms with E-state index in [0.29, 0.717) is 19.3 Å². The summed E-state index contributed by atoms with van der Waals surface area (Å²) in [4.78, 5) is 26.1. The molecule has 0 heterocycles. The molecule has 0 saturated heterocycles. The summed E-state index contributed by atoms with van der Waals surface area (Å²) in [6.07, 6.45) is 62.5. The lowest BCUT2D eigenvalue weighted by atomic mass is 10.0. The van der Waals surface area contributed by atoms with E-state index < -0.39 is 18.2 Å². The van der Waals surface area contributed by atoms with Crippen molar-refractivity contribution in [2.75, 3.05) is 6.61 Å². The average molecular weight is 866 g/mol. The summed E-state index contributed by atoms with van der Waals surface area (Å²) in [7, 11) is 0. The van der Waals surface area contributed by atoms with Gasteiger partial charge in [0.1, 0.15) is 6.10 Å². The van der Waals surface area contributed by atoms with E-state index in [1.165, 1.54) is 103 Å². The molecule has 3 atom stereocenters. The first-order chi connectivity index (χ1) is 30.5. The Kier molecular flexibility index (Phi) is 47.2. The Labute approximate surface area is 383 Å². The Bertz CT molecular complexity index is 1150. The van der Waals surface area contributed by atoms with E-state index in [9.17, 15) is 19.8 Å². The smallest absolute Gasteiger partial charge is 0.306 e. The van der Waals surface area contributed by atoms with Gasteiger partial charge in [0.15, 0.2) is 0 Å². The Balaban J connectivity index is 4.67. The highest BCUT2D eigenvalue weighted by Gasteiger charge is 2.24. The molecule has 0 aromatic heterocycles. The fourth-order valence-corrected chi connectivity index (χ4v) is 7.59. The van der Waals surface area contributed by atoms with Crippen LogP contribution in [0, 0.1) is 0 Å². The minimum absolute atomic E-state index is 0.0312. The monoisotopic (exact) mass is 866 g/mol. The lowest BCUT2D eigenvalue weighted by Gasteiger charge is -2.24. The van der Waals surface area contributed by atoms with Gasteiger partial charge in [0.25, 0.3) is 0 Å². The molecule has 0 aliphatic heterocycles. The van der Waals surface area contributed by atoms with Gasteiger partial charge in [0.2, 0.25) is 5.91 Å². The number of nitrogens with one attached hydrogen (secondary N) is 1. The third-order valence-corrected chi connectivity index (χ3v) is 11.5. The number of hydrogen-bond donors (Lipinski definition) is 3. The number of ether oxygens (including phenoxy) is 1. The molecule has 0 radical (unpaired) electrons. The lowest BCUT2D eigenvalue weighted by molar-refractivity contribution is -0.151. The van der Waals surface area contributed by atoms with E-state index in [0.717, 1.165) is 96.3 Å². The van der Waals surface area contributed by atoms with Crippen LogP contribution >= 0.6 is 0 Å². The lowest BCUT2D eigenvalue weighted by Crippen LogP contribution is -2.46. The van der Waals surface area contributed by atoms with Crippen molar-refractivity contribution in [1.82, 2.24) is 5.32 Å². The van der Waals surface area contributed by atoms with Gasteiger partial charge in [-0.15, -0.1) is 0 Å². The van der Waals surface area contributed by atoms with Crippen LogP contribution in [0.5, 0.6) is 0 Å². The molecular formula is C56H99NO5. The number of amides is 1. The van der Waals surface area contributed by atoms with Gasteiger partial charge in [0, 0.05) is 6.42 Å². The first kappa shape index (κ1) is 59.3. The van der Waals surface area contributed by atoms with E-state index in [4.69, 9.17) is 4.74 Å². The molecule has 0 aliphatic carbocycles. The minimum atomic E-state index is -0.806. The third-order valence-electron chi connectivity index (χ3n) is 11.5. The van der Waals surface area contributed by atoms with E-state index in [1.54, 1.807) is 0 Å². The molecule has 3 N–H and O–H groups in total. The van der Waals surface area contributed by atoms with Gasteiger partial charge in [-0.1, -0.05) is 222 Å². The molecule has 6 heteroatoms. The molecule has 358 valence electrons. The summed E-state index contributed by atoms with van der Waals surface area (Å²) < 4.78 is 5.90. The van der Waals surface area contributed by atoms with Crippen LogP contribution in [0.4, 0.5) is 0 Å². The molecular weight excluding hydrogens is 767 g/mol. The second-order valence-corrected chi connectivity index (χ2v) is 17.6. The maximum atomic E-state index is 13.2. The highest BCUT2D eigenvalue weighted by atomic mass is 16.5. The normalized spacial score (nSPS) is 13.8. The van der Waals surface area contributed by atoms with Crippen molar-refractivity contribution in [2.24, 2.45) is 0 Å². The number of aliphatic hydroxyl groups excluding tert-OH is 2. The fourth-order valence-electron chi connectivity index (χ4n) is 7.59.